The zero-order chi connectivity index (χ0) is 19.3. The standard InChI is InChI=1S/C23H28N4S/c1-18-17-26(14-15-27(18)20-9-3-2-4-10-20)23(28)25-16-19-8-7-13-24-22-12-6-5-11-21(19)22/h2-6,9-12,16,18,24H,7-8,13-15,17H2,1H3,(H,25,28)/b19-16-. The van der Waals surface area contributed by atoms with Crippen LogP contribution in [0.4, 0.5) is 11.4 Å². The molecule has 0 aliphatic carbocycles. The summed E-state index contributed by atoms with van der Waals surface area (Å²) >= 11 is 5.72. The number of thiocarbonyl (C=S) groups is 1. The molecular weight excluding hydrogens is 364 g/mol. The van der Waals surface area contributed by atoms with Gasteiger partial charge in [0.25, 0.3) is 0 Å². The Balaban J connectivity index is 1.40. The van der Waals surface area contributed by atoms with Gasteiger partial charge in [-0.2, -0.15) is 0 Å². The van der Waals surface area contributed by atoms with Gasteiger partial charge in [-0.05, 0) is 55.8 Å². The van der Waals surface area contributed by atoms with Crippen molar-refractivity contribution in [3.63, 3.8) is 0 Å². The molecule has 1 atom stereocenters. The molecule has 2 aliphatic heterocycles. The van der Waals surface area contributed by atoms with E-state index >= 15 is 0 Å². The van der Waals surface area contributed by atoms with Crippen LogP contribution in [0.15, 0.2) is 60.8 Å². The molecular formula is C23H28N4S. The molecule has 0 radical (unpaired) electrons. The van der Waals surface area contributed by atoms with Gasteiger partial charge in [-0.15, -0.1) is 0 Å². The van der Waals surface area contributed by atoms with Gasteiger partial charge in [0, 0.05) is 55.4 Å². The van der Waals surface area contributed by atoms with E-state index in [1.54, 1.807) is 0 Å². The molecule has 2 aromatic carbocycles. The van der Waals surface area contributed by atoms with E-state index in [0.717, 1.165) is 44.1 Å². The Morgan fingerprint density at radius 1 is 1.11 bits per heavy atom. The second-order valence-electron chi connectivity index (χ2n) is 7.52. The first-order valence-electron chi connectivity index (χ1n) is 10.1. The lowest BCUT2D eigenvalue weighted by Gasteiger charge is -2.42. The van der Waals surface area contributed by atoms with E-state index in [1.807, 2.05) is 0 Å². The Morgan fingerprint density at radius 3 is 2.71 bits per heavy atom. The molecule has 0 bridgehead atoms. The second-order valence-corrected chi connectivity index (χ2v) is 7.91. The van der Waals surface area contributed by atoms with Gasteiger partial charge in [-0.3, -0.25) is 0 Å². The Bertz CT molecular complexity index is 849. The van der Waals surface area contributed by atoms with Crippen molar-refractivity contribution < 1.29 is 0 Å². The Hall–Kier alpha value is -2.53. The zero-order valence-electron chi connectivity index (χ0n) is 16.4. The highest BCUT2D eigenvalue weighted by Crippen LogP contribution is 2.29. The number of rotatable bonds is 2. The lowest BCUT2D eigenvalue weighted by molar-refractivity contribution is 0.337. The third kappa shape index (κ3) is 4.14. The minimum atomic E-state index is 0.423. The summed E-state index contributed by atoms with van der Waals surface area (Å²) in [5, 5.41) is 7.75. The minimum absolute atomic E-state index is 0.423. The van der Waals surface area contributed by atoms with Gasteiger partial charge >= 0.3 is 0 Å². The summed E-state index contributed by atoms with van der Waals surface area (Å²) < 4.78 is 0. The van der Waals surface area contributed by atoms with Crippen molar-refractivity contribution in [1.82, 2.24) is 10.2 Å². The van der Waals surface area contributed by atoms with Crippen LogP contribution >= 0.6 is 12.2 Å². The van der Waals surface area contributed by atoms with Gasteiger partial charge in [0.2, 0.25) is 0 Å². The minimum Gasteiger partial charge on any atom is -0.385 e. The summed E-state index contributed by atoms with van der Waals surface area (Å²) in [5.74, 6) is 0. The fourth-order valence-electron chi connectivity index (χ4n) is 4.09. The third-order valence-corrected chi connectivity index (χ3v) is 5.96. The quantitative estimate of drug-likeness (QED) is 0.744. The normalized spacial score (nSPS) is 20.9. The fourth-order valence-corrected chi connectivity index (χ4v) is 4.31. The maximum atomic E-state index is 5.72. The Morgan fingerprint density at radius 2 is 1.89 bits per heavy atom. The van der Waals surface area contributed by atoms with Gasteiger partial charge in [0.05, 0.1) is 0 Å². The summed E-state index contributed by atoms with van der Waals surface area (Å²) in [5.41, 5.74) is 5.10. The highest BCUT2D eigenvalue weighted by atomic mass is 32.1. The van der Waals surface area contributed by atoms with Crippen molar-refractivity contribution in [3.05, 3.63) is 66.4 Å². The molecule has 0 spiro atoms. The zero-order valence-corrected chi connectivity index (χ0v) is 17.2. The molecule has 2 heterocycles. The van der Waals surface area contributed by atoms with Crippen molar-refractivity contribution >= 4 is 34.3 Å². The van der Waals surface area contributed by atoms with Crippen LogP contribution in [-0.4, -0.2) is 42.2 Å². The van der Waals surface area contributed by atoms with Crippen LogP contribution in [0.1, 0.15) is 25.3 Å². The predicted octanol–water partition coefficient (Wildman–Crippen LogP) is 4.32. The SMILES string of the molecule is CC1CN(C(=S)N/C=C2/CCCNc3ccccc32)CCN1c1ccccc1. The van der Waals surface area contributed by atoms with E-state index < -0.39 is 0 Å². The largest absolute Gasteiger partial charge is 0.385 e. The van der Waals surface area contributed by atoms with E-state index in [4.69, 9.17) is 12.2 Å². The van der Waals surface area contributed by atoms with Gasteiger partial charge in [-0.1, -0.05) is 36.4 Å². The molecule has 4 rings (SSSR count). The number of benzene rings is 2. The monoisotopic (exact) mass is 392 g/mol. The average molecular weight is 393 g/mol. The van der Waals surface area contributed by atoms with Crippen LogP contribution in [0.3, 0.4) is 0 Å². The first-order valence-corrected chi connectivity index (χ1v) is 10.5. The molecule has 28 heavy (non-hydrogen) atoms. The highest BCUT2D eigenvalue weighted by molar-refractivity contribution is 7.80. The van der Waals surface area contributed by atoms with Crippen molar-refractivity contribution in [2.45, 2.75) is 25.8 Å². The molecule has 5 heteroatoms. The fraction of sp³-hybridized carbons (Fsp3) is 0.348. The Kier molecular flexibility index (Phi) is 5.81. The molecule has 2 N–H and O–H groups in total. The molecule has 1 saturated heterocycles. The topological polar surface area (TPSA) is 30.5 Å². The van der Waals surface area contributed by atoms with E-state index in [2.05, 4.69) is 88.2 Å². The van der Waals surface area contributed by atoms with Crippen LogP contribution in [-0.2, 0) is 0 Å². The molecule has 0 amide bonds. The summed E-state index contributed by atoms with van der Waals surface area (Å²) in [6.07, 6.45) is 4.29. The summed E-state index contributed by atoms with van der Waals surface area (Å²) in [7, 11) is 0. The van der Waals surface area contributed by atoms with E-state index in [1.165, 1.54) is 22.5 Å². The summed E-state index contributed by atoms with van der Waals surface area (Å²) in [6, 6.07) is 19.6. The summed E-state index contributed by atoms with van der Waals surface area (Å²) in [6.45, 7) is 6.13. The Labute approximate surface area is 173 Å². The number of allylic oxidation sites excluding steroid dienone is 1. The first kappa shape index (κ1) is 18.8. The third-order valence-electron chi connectivity index (χ3n) is 5.58. The molecule has 4 nitrogen and oxygen atoms in total. The van der Waals surface area contributed by atoms with Crippen LogP contribution in [0.5, 0.6) is 0 Å². The number of nitrogens with one attached hydrogen (secondary N) is 2. The number of hydrogen-bond donors (Lipinski definition) is 2. The number of hydrogen-bond acceptors (Lipinski definition) is 3. The maximum absolute atomic E-state index is 5.72. The molecule has 1 fully saturated rings. The molecule has 0 saturated carbocycles. The van der Waals surface area contributed by atoms with E-state index in [9.17, 15) is 0 Å². The lowest BCUT2D eigenvalue weighted by atomic mass is 10.0. The van der Waals surface area contributed by atoms with Crippen molar-refractivity contribution in [2.75, 3.05) is 36.4 Å². The lowest BCUT2D eigenvalue weighted by Crippen LogP contribution is -2.55. The van der Waals surface area contributed by atoms with E-state index in [-0.39, 0.29) is 0 Å². The molecule has 2 aromatic rings. The van der Waals surface area contributed by atoms with Crippen LogP contribution < -0.4 is 15.5 Å². The first-order chi connectivity index (χ1) is 13.7. The van der Waals surface area contributed by atoms with Crippen molar-refractivity contribution in [1.29, 1.82) is 0 Å². The predicted molar refractivity (Wildman–Crippen MR) is 123 cm³/mol. The van der Waals surface area contributed by atoms with E-state index in [0.29, 0.717) is 6.04 Å². The van der Waals surface area contributed by atoms with Crippen molar-refractivity contribution in [3.8, 4) is 0 Å². The van der Waals surface area contributed by atoms with Crippen LogP contribution in [0.25, 0.3) is 5.57 Å². The average Bonchev–Trinajstić information content (AvgIpc) is 2.95. The molecule has 0 aromatic heterocycles. The smallest absolute Gasteiger partial charge is 0.173 e. The maximum Gasteiger partial charge on any atom is 0.173 e. The molecule has 146 valence electrons. The number of piperazine rings is 1. The van der Waals surface area contributed by atoms with Gasteiger partial charge in [0.15, 0.2) is 5.11 Å². The van der Waals surface area contributed by atoms with Crippen molar-refractivity contribution in [2.24, 2.45) is 0 Å². The van der Waals surface area contributed by atoms with Crippen LogP contribution in [0.2, 0.25) is 0 Å². The van der Waals surface area contributed by atoms with Crippen LogP contribution in [0, 0.1) is 0 Å². The van der Waals surface area contributed by atoms with Gasteiger partial charge in [-0.25, -0.2) is 0 Å². The molecule has 1 unspecified atom stereocenters. The molecule has 2 aliphatic rings. The van der Waals surface area contributed by atoms with Gasteiger partial charge < -0.3 is 20.4 Å². The highest BCUT2D eigenvalue weighted by Gasteiger charge is 2.25. The number of fused-ring (bicyclic) bond motifs is 1. The number of nitrogens with zero attached hydrogens (tertiary/aromatic N) is 2. The second kappa shape index (κ2) is 8.65. The summed E-state index contributed by atoms with van der Waals surface area (Å²) in [4.78, 5) is 4.75. The number of para-hydroxylation sites is 2. The number of anilines is 2. The van der Waals surface area contributed by atoms with Gasteiger partial charge in [0.1, 0.15) is 0 Å².